The Kier molecular flexibility index (Phi) is 8.90. The lowest BCUT2D eigenvalue weighted by Crippen LogP contribution is -2.05. The van der Waals surface area contributed by atoms with E-state index in [1.165, 1.54) is 53.1 Å². The molecule has 5 heteroatoms. The zero-order valence-electron chi connectivity index (χ0n) is 31.1. The van der Waals surface area contributed by atoms with Crippen molar-refractivity contribution in [2.24, 2.45) is 15.0 Å². The number of aliphatic imine (C=N–C) groups is 3. The number of para-hydroxylation sites is 1. The Hall–Kier alpha value is -7.21. The molecule has 10 rings (SSSR count). The van der Waals surface area contributed by atoms with Crippen molar-refractivity contribution < 1.29 is 0 Å². The fraction of sp³-hybridized carbons (Fsp3) is 0.0192. The summed E-state index contributed by atoms with van der Waals surface area (Å²) in [6.07, 6.45) is 0. The first kappa shape index (κ1) is 34.3. The van der Waals surface area contributed by atoms with Crippen LogP contribution in [0.3, 0.4) is 0 Å². The van der Waals surface area contributed by atoms with Crippen LogP contribution in [0, 0.1) is 0 Å². The summed E-state index contributed by atoms with van der Waals surface area (Å²) in [7, 11) is 0. The van der Waals surface area contributed by atoms with E-state index in [0.717, 1.165) is 33.5 Å². The zero-order valence-corrected chi connectivity index (χ0v) is 31.9. The molecular weight excluding hydrogens is 713 g/mol. The summed E-state index contributed by atoms with van der Waals surface area (Å²) in [5, 5.41) is 5.11. The van der Waals surface area contributed by atoms with Crippen LogP contribution >= 0.6 is 11.3 Å². The van der Waals surface area contributed by atoms with Gasteiger partial charge < -0.3 is 4.57 Å². The summed E-state index contributed by atoms with van der Waals surface area (Å²) < 4.78 is 5.04. The second-order valence-corrected chi connectivity index (χ2v) is 15.1. The van der Waals surface area contributed by atoms with E-state index in [-0.39, 0.29) is 0 Å². The third-order valence-electron chi connectivity index (χ3n) is 10.6. The van der Waals surface area contributed by atoms with Crippen LogP contribution in [0.5, 0.6) is 0 Å². The molecule has 0 unspecified atom stereocenters. The van der Waals surface area contributed by atoms with Gasteiger partial charge in [-0.25, -0.2) is 9.98 Å². The molecule has 4 nitrogen and oxygen atoms in total. The van der Waals surface area contributed by atoms with Crippen LogP contribution in [-0.2, 0) is 6.54 Å². The third-order valence-corrected chi connectivity index (χ3v) is 11.8. The Morgan fingerprint density at radius 1 is 0.491 bits per heavy atom. The molecule has 0 aliphatic rings. The summed E-state index contributed by atoms with van der Waals surface area (Å²) in [6.45, 7) is 4.33. The number of hydrogen-bond donors (Lipinski definition) is 0. The Morgan fingerprint density at radius 3 is 1.98 bits per heavy atom. The minimum absolute atomic E-state index is 0.504. The normalized spacial score (nSPS) is 12.2. The highest BCUT2D eigenvalue weighted by atomic mass is 32.1. The van der Waals surface area contributed by atoms with Crippen LogP contribution in [0.1, 0.15) is 16.7 Å². The number of thiophene rings is 1. The highest BCUT2D eigenvalue weighted by Crippen LogP contribution is 2.42. The number of fused-ring (bicyclic) bond motifs is 6. The fourth-order valence-electron chi connectivity index (χ4n) is 7.85. The Balaban J connectivity index is 1.02. The van der Waals surface area contributed by atoms with Gasteiger partial charge in [0.15, 0.2) is 11.7 Å². The van der Waals surface area contributed by atoms with Crippen molar-refractivity contribution in [3.8, 4) is 27.9 Å². The van der Waals surface area contributed by atoms with Crippen molar-refractivity contribution in [2.75, 3.05) is 0 Å². The molecule has 0 fully saturated rings. The van der Waals surface area contributed by atoms with Gasteiger partial charge >= 0.3 is 0 Å². The summed E-state index contributed by atoms with van der Waals surface area (Å²) in [5.74, 6) is 1.15. The van der Waals surface area contributed by atoms with Gasteiger partial charge in [0, 0.05) is 47.8 Å². The van der Waals surface area contributed by atoms with Crippen LogP contribution < -0.4 is 0 Å². The molecule has 0 bridgehead atoms. The Morgan fingerprint density at radius 2 is 1.16 bits per heavy atom. The molecule has 0 aliphatic heterocycles. The molecule has 8 aromatic carbocycles. The highest BCUT2D eigenvalue weighted by molar-refractivity contribution is 7.26. The molecule has 57 heavy (non-hydrogen) atoms. The van der Waals surface area contributed by atoms with Crippen molar-refractivity contribution in [3.63, 3.8) is 0 Å². The van der Waals surface area contributed by atoms with Gasteiger partial charge in [0.05, 0.1) is 17.6 Å². The lowest BCUT2D eigenvalue weighted by atomic mass is 10.0. The van der Waals surface area contributed by atoms with Gasteiger partial charge in [-0.2, -0.15) is 0 Å². The Bertz CT molecular complexity index is 3150. The summed E-state index contributed by atoms with van der Waals surface area (Å²) in [5.41, 5.74) is 11.1. The number of amidine groups is 2. The van der Waals surface area contributed by atoms with Crippen molar-refractivity contribution in [3.05, 3.63) is 211 Å². The first-order valence-electron chi connectivity index (χ1n) is 19.1. The van der Waals surface area contributed by atoms with Crippen molar-refractivity contribution in [2.45, 2.75) is 6.54 Å². The van der Waals surface area contributed by atoms with Crippen molar-refractivity contribution >= 4 is 71.7 Å². The summed E-state index contributed by atoms with van der Waals surface area (Å²) >= 11 is 1.88. The van der Waals surface area contributed by atoms with E-state index in [1.54, 1.807) is 0 Å². The maximum atomic E-state index is 4.97. The third kappa shape index (κ3) is 6.44. The van der Waals surface area contributed by atoms with E-state index in [0.29, 0.717) is 18.2 Å². The highest BCUT2D eigenvalue weighted by Gasteiger charge is 2.16. The molecule has 0 N–H and O–H groups in total. The second-order valence-electron chi connectivity index (χ2n) is 14.1. The molecule has 0 spiro atoms. The second kappa shape index (κ2) is 14.8. The molecule has 2 aromatic heterocycles. The lowest BCUT2D eigenvalue weighted by molar-refractivity contribution is 1.06. The van der Waals surface area contributed by atoms with E-state index < -0.39 is 0 Å². The average Bonchev–Trinajstić information content (AvgIpc) is 3.83. The number of benzene rings is 8. The van der Waals surface area contributed by atoms with E-state index in [2.05, 4.69) is 162 Å². The van der Waals surface area contributed by atoms with E-state index in [9.17, 15) is 0 Å². The maximum absolute atomic E-state index is 4.97. The van der Waals surface area contributed by atoms with Crippen molar-refractivity contribution in [1.82, 2.24) is 4.57 Å². The van der Waals surface area contributed by atoms with Crippen LogP contribution in [0.15, 0.2) is 209 Å². The van der Waals surface area contributed by atoms with E-state index in [1.807, 2.05) is 59.9 Å². The van der Waals surface area contributed by atoms with Crippen LogP contribution in [0.25, 0.3) is 69.9 Å². The molecule has 0 saturated heterocycles. The molecule has 10 aromatic rings. The summed E-state index contributed by atoms with van der Waals surface area (Å²) in [6, 6.07) is 68.5. The molecule has 2 heterocycles. The summed E-state index contributed by atoms with van der Waals surface area (Å²) in [4.78, 5) is 14.2. The standard InChI is InChI=1S/C52H36N4S/c1-53-51(37-16-6-3-7-17-37)55-52(54-34-35-14-4-2-5-15-35)38-28-26-36(27-29-38)39-18-12-19-41(32-39)56-47-24-10-8-20-43(47)46-33-40(30-31-48(46)56)42-22-13-23-45-44-21-9-11-25-49(44)57-50(42)45/h2-33H,1,34H2. The largest absolute Gasteiger partial charge is 0.309 e. The first-order valence-corrected chi connectivity index (χ1v) is 19.9. The van der Waals surface area contributed by atoms with Gasteiger partial charge in [-0.3, -0.25) is 4.99 Å². The van der Waals surface area contributed by atoms with Crippen LogP contribution in [0.2, 0.25) is 0 Å². The topological polar surface area (TPSA) is 42.0 Å². The number of rotatable bonds is 7. The number of hydrogen-bond acceptors (Lipinski definition) is 2. The number of aromatic nitrogens is 1. The maximum Gasteiger partial charge on any atom is 0.161 e. The lowest BCUT2D eigenvalue weighted by Gasteiger charge is -2.11. The van der Waals surface area contributed by atoms with Gasteiger partial charge in [-0.1, -0.05) is 158 Å². The van der Waals surface area contributed by atoms with Gasteiger partial charge in [-0.15, -0.1) is 11.3 Å². The van der Waals surface area contributed by atoms with Gasteiger partial charge in [0.25, 0.3) is 0 Å². The molecule has 0 atom stereocenters. The zero-order chi connectivity index (χ0) is 38.1. The predicted molar refractivity (Wildman–Crippen MR) is 244 cm³/mol. The molecule has 0 saturated carbocycles. The van der Waals surface area contributed by atoms with Gasteiger partial charge in [0.1, 0.15) is 0 Å². The minimum atomic E-state index is 0.504. The van der Waals surface area contributed by atoms with Crippen LogP contribution in [0.4, 0.5) is 0 Å². The van der Waals surface area contributed by atoms with E-state index in [4.69, 9.17) is 9.98 Å². The smallest absolute Gasteiger partial charge is 0.161 e. The monoisotopic (exact) mass is 748 g/mol. The molecule has 0 amide bonds. The van der Waals surface area contributed by atoms with Gasteiger partial charge in [0.2, 0.25) is 0 Å². The first-order chi connectivity index (χ1) is 28.2. The predicted octanol–water partition coefficient (Wildman–Crippen LogP) is 13.6. The number of nitrogens with zero attached hydrogens (tertiary/aromatic N) is 4. The quantitative estimate of drug-likeness (QED) is 0.115. The fourth-order valence-corrected chi connectivity index (χ4v) is 9.09. The molecule has 270 valence electrons. The molecular formula is C52H36N4S. The SMILES string of the molecule is C=NC(=NC(=NCc1ccccc1)c1ccc(-c2cccc(-n3c4ccccc4c4cc(-c5cccc6c5sc5ccccc56)ccc43)c2)cc1)c1ccccc1. The molecule has 0 radical (unpaired) electrons. The van der Waals surface area contributed by atoms with E-state index >= 15 is 0 Å². The Labute approximate surface area is 335 Å². The average molecular weight is 749 g/mol. The molecule has 0 aliphatic carbocycles. The van der Waals surface area contributed by atoms with Crippen LogP contribution in [-0.4, -0.2) is 23.0 Å². The minimum Gasteiger partial charge on any atom is -0.309 e. The van der Waals surface area contributed by atoms with Crippen molar-refractivity contribution in [1.29, 1.82) is 0 Å². The van der Waals surface area contributed by atoms with Gasteiger partial charge in [-0.05, 0) is 70.9 Å².